The number of nitrogens with one attached hydrogen (secondary N) is 1. The average Bonchev–Trinajstić information content (AvgIpc) is 3.13. The second-order valence-electron chi connectivity index (χ2n) is 5.34. The topological polar surface area (TPSA) is 126 Å². The highest BCUT2D eigenvalue weighted by atomic mass is 32.1. The molecule has 0 saturated heterocycles. The van der Waals surface area contributed by atoms with Crippen molar-refractivity contribution in [2.75, 3.05) is 12.4 Å². The molecular weight excluding hydrogens is 395 g/mol. The first-order valence-electron chi connectivity index (χ1n) is 8.04. The van der Waals surface area contributed by atoms with Crippen LogP contribution in [0.4, 0.5) is 10.1 Å². The predicted octanol–water partition coefficient (Wildman–Crippen LogP) is 1.56. The number of nitro groups is 1. The summed E-state index contributed by atoms with van der Waals surface area (Å²) >= 11 is 4.00. The molecule has 28 heavy (non-hydrogen) atoms. The van der Waals surface area contributed by atoms with Crippen LogP contribution < -0.4 is 10.1 Å². The molecule has 0 saturated carbocycles. The van der Waals surface area contributed by atoms with Gasteiger partial charge in [0.15, 0.2) is 6.73 Å². The van der Waals surface area contributed by atoms with Crippen LogP contribution in [-0.2, 0) is 16.3 Å². The molecule has 1 heterocycles. The van der Waals surface area contributed by atoms with Gasteiger partial charge in [0.1, 0.15) is 17.6 Å². The van der Waals surface area contributed by atoms with Gasteiger partial charge in [0.25, 0.3) is 5.91 Å². The van der Waals surface area contributed by atoms with Crippen molar-refractivity contribution in [3.05, 3.63) is 52.1 Å². The van der Waals surface area contributed by atoms with Crippen LogP contribution in [0, 0.1) is 15.9 Å². The molecule has 0 aliphatic carbocycles. The Morgan fingerprint density at radius 3 is 2.82 bits per heavy atom. The van der Waals surface area contributed by atoms with E-state index in [1.54, 1.807) is 6.92 Å². The van der Waals surface area contributed by atoms with Gasteiger partial charge in [0.2, 0.25) is 5.75 Å². The first-order valence-corrected chi connectivity index (χ1v) is 8.67. The Labute approximate surface area is 164 Å². The van der Waals surface area contributed by atoms with Crippen LogP contribution in [0.15, 0.2) is 30.5 Å². The number of hydrogen-bond donors (Lipinski definition) is 2. The van der Waals surface area contributed by atoms with Gasteiger partial charge in [-0.2, -0.15) is 17.7 Å². The fraction of sp³-hybridized carbons (Fsp3) is 0.312. The van der Waals surface area contributed by atoms with Crippen LogP contribution in [0.5, 0.6) is 5.75 Å². The predicted molar refractivity (Wildman–Crippen MR) is 97.6 cm³/mol. The van der Waals surface area contributed by atoms with E-state index in [1.165, 1.54) is 16.9 Å². The minimum absolute atomic E-state index is 0.0200. The van der Waals surface area contributed by atoms with E-state index in [0.717, 1.165) is 18.2 Å². The van der Waals surface area contributed by atoms with Crippen molar-refractivity contribution in [3.63, 3.8) is 0 Å². The summed E-state index contributed by atoms with van der Waals surface area (Å²) in [4.78, 5) is 34.1. The molecule has 2 rings (SSSR count). The number of ether oxygens (including phenoxy) is 2. The molecule has 1 aromatic heterocycles. The highest BCUT2D eigenvalue weighted by molar-refractivity contribution is 7.80. The number of carbonyl (C=O) groups is 2. The van der Waals surface area contributed by atoms with Crippen molar-refractivity contribution >= 4 is 30.2 Å². The van der Waals surface area contributed by atoms with Crippen molar-refractivity contribution in [1.29, 1.82) is 0 Å². The van der Waals surface area contributed by atoms with Gasteiger partial charge in [-0.15, -0.1) is 0 Å². The summed E-state index contributed by atoms with van der Waals surface area (Å²) in [6, 6.07) is 3.24. The van der Waals surface area contributed by atoms with E-state index in [4.69, 9.17) is 9.47 Å². The third-order valence-corrected chi connectivity index (χ3v) is 3.77. The molecule has 12 heteroatoms. The number of benzene rings is 1. The third kappa shape index (κ3) is 5.42. The lowest BCUT2D eigenvalue weighted by Gasteiger charge is -2.14. The molecule has 1 aromatic carbocycles. The zero-order chi connectivity index (χ0) is 20.7. The molecule has 0 radical (unpaired) electrons. The Balaban J connectivity index is 2.02. The van der Waals surface area contributed by atoms with Crippen LogP contribution >= 0.6 is 12.6 Å². The maximum atomic E-state index is 13.3. The Morgan fingerprint density at radius 2 is 2.18 bits per heavy atom. The molecule has 0 aliphatic heterocycles. The van der Waals surface area contributed by atoms with Crippen LogP contribution in [0.2, 0.25) is 0 Å². The van der Waals surface area contributed by atoms with Crippen molar-refractivity contribution in [2.45, 2.75) is 19.7 Å². The van der Waals surface area contributed by atoms with Gasteiger partial charge >= 0.3 is 11.7 Å². The first kappa shape index (κ1) is 21.2. The fourth-order valence-electron chi connectivity index (χ4n) is 2.10. The standard InChI is InChI=1S/C16H17FN4O6S/c1-2-26-16(23)12(8-28)18-15(22)11-5-6-20(19-11)9-27-14-7-10(17)3-4-13(14)21(24)25/h3-7,12,28H,2,8-9H2,1H3,(H,18,22)/t12-/m0/s1. The average molecular weight is 412 g/mol. The summed E-state index contributed by atoms with van der Waals surface area (Å²) < 4.78 is 24.5. The molecular formula is C16H17FN4O6S. The normalized spacial score (nSPS) is 11.5. The molecule has 2 aromatic rings. The monoisotopic (exact) mass is 412 g/mol. The molecule has 1 atom stereocenters. The molecule has 0 bridgehead atoms. The van der Waals surface area contributed by atoms with Crippen molar-refractivity contribution in [3.8, 4) is 5.75 Å². The first-order chi connectivity index (χ1) is 13.3. The summed E-state index contributed by atoms with van der Waals surface area (Å²) in [6.45, 7) is 1.50. The van der Waals surface area contributed by atoms with Gasteiger partial charge in [-0.25, -0.2) is 13.9 Å². The van der Waals surface area contributed by atoms with E-state index in [1.807, 2.05) is 0 Å². The van der Waals surface area contributed by atoms with Crippen molar-refractivity contribution < 1.29 is 28.4 Å². The lowest BCUT2D eigenvalue weighted by molar-refractivity contribution is -0.386. The third-order valence-electron chi connectivity index (χ3n) is 3.40. The fourth-order valence-corrected chi connectivity index (χ4v) is 2.34. The lowest BCUT2D eigenvalue weighted by Crippen LogP contribution is -2.43. The van der Waals surface area contributed by atoms with Gasteiger partial charge in [-0.1, -0.05) is 0 Å². The number of rotatable bonds is 9. The second-order valence-corrected chi connectivity index (χ2v) is 5.71. The van der Waals surface area contributed by atoms with E-state index < -0.39 is 34.3 Å². The van der Waals surface area contributed by atoms with Gasteiger partial charge < -0.3 is 14.8 Å². The maximum Gasteiger partial charge on any atom is 0.329 e. The molecule has 0 aliphatic rings. The SMILES string of the molecule is CCOC(=O)[C@H](CS)NC(=O)c1ccn(COc2cc(F)ccc2[N+](=O)[O-])n1. The van der Waals surface area contributed by atoms with Crippen molar-refractivity contribution in [2.24, 2.45) is 0 Å². The highest BCUT2D eigenvalue weighted by Gasteiger charge is 2.22. The number of carbonyl (C=O) groups excluding carboxylic acids is 2. The smallest absolute Gasteiger partial charge is 0.329 e. The molecule has 0 unspecified atom stereocenters. The number of esters is 1. The number of amides is 1. The number of nitro benzene ring substituents is 1. The van der Waals surface area contributed by atoms with Gasteiger partial charge in [-0.3, -0.25) is 14.9 Å². The lowest BCUT2D eigenvalue weighted by atomic mass is 10.3. The maximum absolute atomic E-state index is 13.3. The number of nitrogens with zero attached hydrogens (tertiary/aromatic N) is 3. The number of thiol groups is 1. The Morgan fingerprint density at radius 1 is 1.43 bits per heavy atom. The molecule has 0 fully saturated rings. The van der Waals surface area contributed by atoms with Crippen LogP contribution in [0.1, 0.15) is 17.4 Å². The molecule has 1 N–H and O–H groups in total. The summed E-state index contributed by atoms with van der Waals surface area (Å²) in [5.41, 5.74) is -0.425. The Bertz CT molecular complexity index is 875. The molecule has 1 amide bonds. The van der Waals surface area contributed by atoms with Crippen LogP contribution in [0.25, 0.3) is 0 Å². The van der Waals surface area contributed by atoms with Gasteiger partial charge in [-0.05, 0) is 19.1 Å². The summed E-state index contributed by atoms with van der Waals surface area (Å²) in [6.07, 6.45) is 1.39. The van der Waals surface area contributed by atoms with Gasteiger partial charge in [0, 0.05) is 24.1 Å². The van der Waals surface area contributed by atoms with E-state index in [9.17, 15) is 24.1 Å². The zero-order valence-electron chi connectivity index (χ0n) is 14.7. The Kier molecular flexibility index (Phi) is 7.32. The van der Waals surface area contributed by atoms with E-state index in [0.29, 0.717) is 0 Å². The Hall–Kier alpha value is -3.15. The second kappa shape index (κ2) is 9.69. The van der Waals surface area contributed by atoms with E-state index in [2.05, 4.69) is 23.0 Å². The minimum Gasteiger partial charge on any atom is -0.464 e. The quantitative estimate of drug-likeness (QED) is 0.277. The number of halogens is 1. The summed E-state index contributed by atoms with van der Waals surface area (Å²) in [5.74, 6) is -2.19. The molecule has 10 nitrogen and oxygen atoms in total. The van der Waals surface area contributed by atoms with Gasteiger partial charge in [0.05, 0.1) is 11.5 Å². The van der Waals surface area contributed by atoms with Crippen LogP contribution in [-0.4, -0.2) is 45.0 Å². The number of hydrogen-bond acceptors (Lipinski definition) is 8. The summed E-state index contributed by atoms with van der Waals surface area (Å²) in [5, 5.41) is 17.3. The largest absolute Gasteiger partial charge is 0.464 e. The van der Waals surface area contributed by atoms with Crippen molar-refractivity contribution in [1.82, 2.24) is 15.1 Å². The molecule has 0 spiro atoms. The van der Waals surface area contributed by atoms with E-state index >= 15 is 0 Å². The highest BCUT2D eigenvalue weighted by Crippen LogP contribution is 2.27. The van der Waals surface area contributed by atoms with E-state index in [-0.39, 0.29) is 30.5 Å². The minimum atomic E-state index is -0.938. The zero-order valence-corrected chi connectivity index (χ0v) is 15.6. The number of aromatic nitrogens is 2. The molecule has 150 valence electrons. The van der Waals surface area contributed by atoms with Crippen LogP contribution in [0.3, 0.4) is 0 Å². The summed E-state index contributed by atoms with van der Waals surface area (Å²) in [7, 11) is 0.